The molecular weight excluding hydrogens is 272 g/mol. The van der Waals surface area contributed by atoms with Gasteiger partial charge in [-0.1, -0.05) is 27.7 Å². The summed E-state index contributed by atoms with van der Waals surface area (Å²) < 4.78 is 5.49. The molecule has 118 valence electrons. The van der Waals surface area contributed by atoms with Crippen LogP contribution in [0, 0.1) is 5.92 Å². The third-order valence-corrected chi connectivity index (χ3v) is 3.38. The minimum absolute atomic E-state index is 0.143. The SMILES string of the molecule is CCN(CC)Cc1ccc(C(=O)N[C@H](C(=O)O)C(C)C)o1. The molecule has 6 heteroatoms. The molecule has 1 aromatic rings. The fourth-order valence-corrected chi connectivity index (χ4v) is 1.98. The molecule has 21 heavy (non-hydrogen) atoms. The van der Waals surface area contributed by atoms with Crippen LogP contribution in [0.15, 0.2) is 16.5 Å². The Labute approximate surface area is 125 Å². The first kappa shape index (κ1) is 17.2. The number of rotatable bonds is 8. The molecule has 6 nitrogen and oxygen atoms in total. The van der Waals surface area contributed by atoms with E-state index in [0.29, 0.717) is 12.3 Å². The van der Waals surface area contributed by atoms with Crippen molar-refractivity contribution < 1.29 is 19.1 Å². The van der Waals surface area contributed by atoms with E-state index >= 15 is 0 Å². The number of nitrogens with zero attached hydrogens (tertiary/aromatic N) is 1. The number of hydrogen-bond donors (Lipinski definition) is 2. The van der Waals surface area contributed by atoms with E-state index in [1.54, 1.807) is 26.0 Å². The molecular formula is C15H24N2O4. The zero-order valence-electron chi connectivity index (χ0n) is 13.0. The van der Waals surface area contributed by atoms with Crippen LogP contribution in [0.25, 0.3) is 0 Å². The highest BCUT2D eigenvalue weighted by atomic mass is 16.4. The second-order valence-electron chi connectivity index (χ2n) is 5.26. The number of furan rings is 1. The van der Waals surface area contributed by atoms with Gasteiger partial charge in [0.2, 0.25) is 0 Å². The van der Waals surface area contributed by atoms with E-state index in [2.05, 4.69) is 24.1 Å². The lowest BCUT2D eigenvalue weighted by Gasteiger charge is -2.17. The Hall–Kier alpha value is -1.82. The third-order valence-electron chi connectivity index (χ3n) is 3.38. The van der Waals surface area contributed by atoms with Crippen LogP contribution >= 0.6 is 0 Å². The first-order valence-electron chi connectivity index (χ1n) is 7.23. The van der Waals surface area contributed by atoms with Crippen molar-refractivity contribution >= 4 is 11.9 Å². The summed E-state index contributed by atoms with van der Waals surface area (Å²) in [6, 6.07) is 2.40. The quantitative estimate of drug-likeness (QED) is 0.766. The molecule has 1 amide bonds. The van der Waals surface area contributed by atoms with Gasteiger partial charge in [-0.3, -0.25) is 9.69 Å². The lowest BCUT2D eigenvalue weighted by Crippen LogP contribution is -2.44. The van der Waals surface area contributed by atoms with Crippen molar-refractivity contribution in [2.75, 3.05) is 13.1 Å². The number of carboxylic acid groups (broad SMARTS) is 1. The summed E-state index contributed by atoms with van der Waals surface area (Å²) in [5.41, 5.74) is 0. The molecule has 2 N–H and O–H groups in total. The van der Waals surface area contributed by atoms with Crippen molar-refractivity contribution in [1.29, 1.82) is 0 Å². The van der Waals surface area contributed by atoms with Crippen LogP contribution in [0.1, 0.15) is 44.0 Å². The Morgan fingerprint density at radius 3 is 2.38 bits per heavy atom. The third kappa shape index (κ3) is 4.90. The number of nitrogens with one attached hydrogen (secondary N) is 1. The lowest BCUT2D eigenvalue weighted by molar-refractivity contribution is -0.140. The van der Waals surface area contributed by atoms with Crippen LogP contribution in [-0.4, -0.2) is 41.0 Å². The molecule has 1 atom stereocenters. The van der Waals surface area contributed by atoms with E-state index in [9.17, 15) is 9.59 Å². The average molecular weight is 296 g/mol. The molecule has 0 aliphatic heterocycles. The molecule has 1 rings (SSSR count). The summed E-state index contributed by atoms with van der Waals surface area (Å²) in [6.07, 6.45) is 0. The fraction of sp³-hybridized carbons (Fsp3) is 0.600. The summed E-state index contributed by atoms with van der Waals surface area (Å²) >= 11 is 0. The largest absolute Gasteiger partial charge is 0.480 e. The van der Waals surface area contributed by atoms with E-state index in [4.69, 9.17) is 9.52 Å². The predicted molar refractivity (Wildman–Crippen MR) is 79.1 cm³/mol. The van der Waals surface area contributed by atoms with Crippen molar-refractivity contribution in [3.8, 4) is 0 Å². The van der Waals surface area contributed by atoms with Crippen LogP contribution < -0.4 is 5.32 Å². The number of carbonyl (C=O) groups is 2. The van der Waals surface area contributed by atoms with Crippen molar-refractivity contribution in [3.05, 3.63) is 23.7 Å². The Balaban J connectivity index is 2.71. The molecule has 0 aromatic carbocycles. The number of carbonyl (C=O) groups excluding carboxylic acids is 1. The average Bonchev–Trinajstić information content (AvgIpc) is 2.89. The molecule has 0 unspecified atom stereocenters. The molecule has 0 bridgehead atoms. The Morgan fingerprint density at radius 1 is 1.29 bits per heavy atom. The first-order chi connectivity index (χ1) is 9.88. The van der Waals surface area contributed by atoms with Crippen molar-refractivity contribution in [2.45, 2.75) is 40.3 Å². The van der Waals surface area contributed by atoms with Gasteiger partial charge in [0.05, 0.1) is 6.54 Å². The molecule has 0 spiro atoms. The maximum absolute atomic E-state index is 12.0. The van der Waals surface area contributed by atoms with Crippen LogP contribution in [0.3, 0.4) is 0 Å². The zero-order valence-corrected chi connectivity index (χ0v) is 13.0. The lowest BCUT2D eigenvalue weighted by atomic mass is 10.0. The van der Waals surface area contributed by atoms with Gasteiger partial charge in [-0.25, -0.2) is 4.79 Å². The second kappa shape index (κ2) is 7.83. The van der Waals surface area contributed by atoms with Gasteiger partial charge in [0.1, 0.15) is 11.8 Å². The van der Waals surface area contributed by atoms with Crippen LogP contribution in [0.4, 0.5) is 0 Å². The van der Waals surface area contributed by atoms with Crippen molar-refractivity contribution in [2.24, 2.45) is 5.92 Å². The summed E-state index contributed by atoms with van der Waals surface area (Å²) in [7, 11) is 0. The Bertz CT molecular complexity index is 478. The minimum atomic E-state index is -1.05. The molecule has 0 saturated carbocycles. The molecule has 1 heterocycles. The maximum atomic E-state index is 12.0. The number of hydrogen-bond acceptors (Lipinski definition) is 4. The smallest absolute Gasteiger partial charge is 0.326 e. The van der Waals surface area contributed by atoms with E-state index in [-0.39, 0.29) is 11.7 Å². The predicted octanol–water partition coefficient (Wildman–Crippen LogP) is 1.96. The maximum Gasteiger partial charge on any atom is 0.326 e. The summed E-state index contributed by atoms with van der Waals surface area (Å²) in [6.45, 7) is 10.0. The van der Waals surface area contributed by atoms with Crippen molar-refractivity contribution in [1.82, 2.24) is 10.2 Å². The second-order valence-corrected chi connectivity index (χ2v) is 5.26. The monoisotopic (exact) mass is 296 g/mol. The van der Waals surface area contributed by atoms with Gasteiger partial charge in [0.25, 0.3) is 5.91 Å². The van der Waals surface area contributed by atoms with Gasteiger partial charge in [0, 0.05) is 0 Å². The minimum Gasteiger partial charge on any atom is -0.480 e. The highest BCUT2D eigenvalue weighted by molar-refractivity contribution is 5.94. The number of carboxylic acids is 1. The summed E-state index contributed by atoms with van der Waals surface area (Å²) in [5.74, 6) is -0.906. The molecule has 0 aliphatic rings. The molecule has 0 saturated heterocycles. The van der Waals surface area contributed by atoms with E-state index < -0.39 is 17.9 Å². The molecule has 0 radical (unpaired) electrons. The van der Waals surface area contributed by atoms with Gasteiger partial charge in [-0.15, -0.1) is 0 Å². The van der Waals surface area contributed by atoms with Crippen LogP contribution in [0.5, 0.6) is 0 Å². The van der Waals surface area contributed by atoms with Crippen LogP contribution in [-0.2, 0) is 11.3 Å². The molecule has 1 aromatic heterocycles. The highest BCUT2D eigenvalue weighted by Gasteiger charge is 2.25. The number of amides is 1. The van der Waals surface area contributed by atoms with Gasteiger partial charge in [-0.05, 0) is 31.1 Å². The topological polar surface area (TPSA) is 82.8 Å². The van der Waals surface area contributed by atoms with Gasteiger partial charge in [0.15, 0.2) is 5.76 Å². The normalized spacial score (nSPS) is 12.7. The highest BCUT2D eigenvalue weighted by Crippen LogP contribution is 2.12. The Morgan fingerprint density at radius 2 is 1.90 bits per heavy atom. The van der Waals surface area contributed by atoms with Crippen molar-refractivity contribution in [3.63, 3.8) is 0 Å². The van der Waals surface area contributed by atoms with E-state index in [1.165, 1.54) is 0 Å². The van der Waals surface area contributed by atoms with Gasteiger partial charge >= 0.3 is 5.97 Å². The fourth-order valence-electron chi connectivity index (χ4n) is 1.98. The molecule has 0 fully saturated rings. The summed E-state index contributed by atoms with van der Waals surface area (Å²) in [4.78, 5) is 25.3. The Kier molecular flexibility index (Phi) is 6.42. The van der Waals surface area contributed by atoms with E-state index in [0.717, 1.165) is 13.1 Å². The number of aliphatic carboxylic acids is 1. The van der Waals surface area contributed by atoms with Crippen LogP contribution in [0.2, 0.25) is 0 Å². The first-order valence-corrected chi connectivity index (χ1v) is 7.23. The zero-order chi connectivity index (χ0) is 16.0. The van der Waals surface area contributed by atoms with Gasteiger partial charge in [-0.2, -0.15) is 0 Å². The molecule has 0 aliphatic carbocycles. The van der Waals surface area contributed by atoms with E-state index in [1.807, 2.05) is 0 Å². The van der Waals surface area contributed by atoms with Gasteiger partial charge < -0.3 is 14.8 Å². The standard InChI is InChI=1S/C15H24N2O4/c1-5-17(6-2)9-11-7-8-12(21-11)14(18)16-13(10(3)4)15(19)20/h7-8,10,13H,5-6,9H2,1-4H3,(H,16,18)(H,19,20)/t13-/m0/s1. The summed E-state index contributed by atoms with van der Waals surface area (Å²) in [5, 5.41) is 11.6.